The van der Waals surface area contributed by atoms with Crippen LogP contribution in [0.2, 0.25) is 0 Å². The van der Waals surface area contributed by atoms with Gasteiger partial charge < -0.3 is 10.1 Å². The predicted molar refractivity (Wildman–Crippen MR) is 121 cm³/mol. The van der Waals surface area contributed by atoms with Gasteiger partial charge in [-0.25, -0.2) is 4.68 Å². The molecular weight excluding hydrogens is 444 g/mol. The van der Waals surface area contributed by atoms with Crippen LogP contribution < -0.4 is 5.32 Å². The molecular formula is C23H25BrN4O2. The van der Waals surface area contributed by atoms with Crippen molar-refractivity contribution < 1.29 is 9.53 Å². The third kappa shape index (κ3) is 4.98. The number of aromatic nitrogens is 2. The van der Waals surface area contributed by atoms with Crippen LogP contribution in [-0.2, 0) is 11.3 Å². The zero-order chi connectivity index (χ0) is 21.1. The quantitative estimate of drug-likeness (QED) is 0.598. The van der Waals surface area contributed by atoms with E-state index in [1.54, 1.807) is 10.9 Å². The van der Waals surface area contributed by atoms with E-state index in [1.165, 1.54) is 5.56 Å². The summed E-state index contributed by atoms with van der Waals surface area (Å²) in [6.45, 7) is 6.91. The second-order valence-corrected chi connectivity index (χ2v) is 8.63. The molecule has 1 aliphatic rings. The third-order valence-electron chi connectivity index (χ3n) is 5.08. The average molecular weight is 469 g/mol. The van der Waals surface area contributed by atoms with Crippen LogP contribution in [0.4, 0.5) is 5.69 Å². The highest BCUT2D eigenvalue weighted by atomic mass is 79.9. The summed E-state index contributed by atoms with van der Waals surface area (Å²) in [4.78, 5) is 15.2. The molecule has 2 aromatic carbocycles. The van der Waals surface area contributed by atoms with Crippen LogP contribution in [-0.4, -0.2) is 45.9 Å². The first-order valence-corrected chi connectivity index (χ1v) is 10.8. The van der Waals surface area contributed by atoms with Crippen LogP contribution >= 0.6 is 15.9 Å². The van der Waals surface area contributed by atoms with Crippen molar-refractivity contribution in [2.45, 2.75) is 32.6 Å². The molecule has 30 heavy (non-hydrogen) atoms. The second-order valence-electron chi connectivity index (χ2n) is 7.71. The normalized spacial score (nSPS) is 19.6. The number of rotatable bonds is 5. The van der Waals surface area contributed by atoms with Crippen LogP contribution in [0.5, 0.6) is 0 Å². The highest BCUT2D eigenvalue weighted by molar-refractivity contribution is 9.10. The van der Waals surface area contributed by atoms with Gasteiger partial charge in [0, 0.05) is 42.1 Å². The van der Waals surface area contributed by atoms with E-state index < -0.39 is 0 Å². The Morgan fingerprint density at radius 3 is 2.57 bits per heavy atom. The van der Waals surface area contributed by atoms with Crippen LogP contribution in [0.3, 0.4) is 0 Å². The van der Waals surface area contributed by atoms with E-state index in [-0.39, 0.29) is 18.1 Å². The summed E-state index contributed by atoms with van der Waals surface area (Å²) in [6, 6.07) is 15.4. The number of morpholine rings is 1. The van der Waals surface area contributed by atoms with Crippen LogP contribution in [0, 0.1) is 0 Å². The molecule has 0 aliphatic carbocycles. The van der Waals surface area contributed by atoms with Crippen molar-refractivity contribution in [3.63, 3.8) is 0 Å². The number of hydrogen-bond acceptors (Lipinski definition) is 4. The van der Waals surface area contributed by atoms with E-state index in [2.05, 4.69) is 45.1 Å². The Kier molecular flexibility index (Phi) is 6.32. The highest BCUT2D eigenvalue weighted by Gasteiger charge is 2.22. The van der Waals surface area contributed by atoms with Crippen LogP contribution in [0.25, 0.3) is 5.69 Å². The third-order valence-corrected chi connectivity index (χ3v) is 5.57. The minimum absolute atomic E-state index is 0.151. The molecule has 1 aliphatic heterocycles. The van der Waals surface area contributed by atoms with Crippen LogP contribution in [0.1, 0.15) is 29.8 Å². The lowest BCUT2D eigenvalue weighted by molar-refractivity contribution is -0.0704. The standard InChI is InChI=1S/C23H25BrN4O2/c1-16-13-27(14-17(2)30-16)15-18-4-6-19(7-5-18)23(29)26-21-12-20(24)8-9-22(21)28-11-3-10-25-28/h3-12,16-17H,13-15H2,1-2H3,(H,26,29). The van der Waals surface area contributed by atoms with Gasteiger partial charge in [-0.2, -0.15) is 5.10 Å². The van der Waals surface area contributed by atoms with Gasteiger partial charge in [-0.05, 0) is 55.8 Å². The smallest absolute Gasteiger partial charge is 0.255 e. The molecule has 0 bridgehead atoms. The van der Waals surface area contributed by atoms with Gasteiger partial charge in [-0.1, -0.05) is 28.1 Å². The van der Waals surface area contributed by atoms with E-state index in [0.29, 0.717) is 11.3 Å². The molecule has 156 valence electrons. The molecule has 1 saturated heterocycles. The first-order valence-electron chi connectivity index (χ1n) is 10.1. The van der Waals surface area contributed by atoms with Crippen molar-refractivity contribution in [1.82, 2.24) is 14.7 Å². The SMILES string of the molecule is CC1CN(Cc2ccc(C(=O)Nc3cc(Br)ccc3-n3cccn3)cc2)CC(C)O1. The van der Waals surface area contributed by atoms with E-state index >= 15 is 0 Å². The minimum Gasteiger partial charge on any atom is -0.373 e. The Morgan fingerprint density at radius 2 is 1.90 bits per heavy atom. The minimum atomic E-state index is -0.151. The van der Waals surface area contributed by atoms with Gasteiger partial charge >= 0.3 is 0 Å². The molecule has 2 heterocycles. The maximum Gasteiger partial charge on any atom is 0.255 e. The largest absolute Gasteiger partial charge is 0.373 e. The second kappa shape index (κ2) is 9.12. The van der Waals surface area contributed by atoms with E-state index in [1.807, 2.05) is 54.7 Å². The Labute approximate surface area is 185 Å². The van der Waals surface area contributed by atoms with E-state index in [4.69, 9.17) is 4.74 Å². The van der Waals surface area contributed by atoms with Gasteiger partial charge in [0.05, 0.1) is 23.6 Å². The van der Waals surface area contributed by atoms with Gasteiger partial charge in [-0.15, -0.1) is 0 Å². The fourth-order valence-electron chi connectivity index (χ4n) is 3.85. The van der Waals surface area contributed by atoms with Crippen molar-refractivity contribution >= 4 is 27.5 Å². The number of ether oxygens (including phenoxy) is 1. The summed E-state index contributed by atoms with van der Waals surface area (Å²) >= 11 is 3.48. The van der Waals surface area contributed by atoms with Gasteiger partial charge in [0.1, 0.15) is 0 Å². The summed E-state index contributed by atoms with van der Waals surface area (Å²) in [5, 5.41) is 7.28. The Bertz CT molecular complexity index is 995. The van der Waals surface area contributed by atoms with Gasteiger partial charge in [0.15, 0.2) is 0 Å². The number of carbonyl (C=O) groups excluding carboxylic acids is 1. The fraction of sp³-hybridized carbons (Fsp3) is 0.304. The first-order chi connectivity index (χ1) is 14.5. The molecule has 1 amide bonds. The fourth-order valence-corrected chi connectivity index (χ4v) is 4.21. The summed E-state index contributed by atoms with van der Waals surface area (Å²) in [5.74, 6) is -0.151. The first kappa shape index (κ1) is 20.8. The van der Waals surface area contributed by atoms with Gasteiger partial charge in [0.2, 0.25) is 0 Å². The molecule has 7 heteroatoms. The van der Waals surface area contributed by atoms with E-state index in [9.17, 15) is 4.79 Å². The zero-order valence-electron chi connectivity index (χ0n) is 17.1. The van der Waals surface area contributed by atoms with E-state index in [0.717, 1.165) is 29.8 Å². The summed E-state index contributed by atoms with van der Waals surface area (Å²) in [7, 11) is 0. The number of hydrogen-bond donors (Lipinski definition) is 1. The highest BCUT2D eigenvalue weighted by Crippen LogP contribution is 2.25. The van der Waals surface area contributed by atoms with Gasteiger partial charge in [-0.3, -0.25) is 9.69 Å². The lowest BCUT2D eigenvalue weighted by atomic mass is 10.1. The van der Waals surface area contributed by atoms with Crippen molar-refractivity contribution in [1.29, 1.82) is 0 Å². The number of benzene rings is 2. The molecule has 1 fully saturated rings. The lowest BCUT2D eigenvalue weighted by Crippen LogP contribution is -2.44. The predicted octanol–water partition coefficient (Wildman–Crippen LogP) is 4.50. The monoisotopic (exact) mass is 468 g/mol. The Hall–Kier alpha value is -2.48. The molecule has 0 spiro atoms. The van der Waals surface area contributed by atoms with Crippen molar-refractivity contribution in [3.8, 4) is 5.69 Å². The molecule has 0 saturated carbocycles. The topological polar surface area (TPSA) is 59.4 Å². The molecule has 2 atom stereocenters. The molecule has 3 aromatic rings. The lowest BCUT2D eigenvalue weighted by Gasteiger charge is -2.35. The molecule has 6 nitrogen and oxygen atoms in total. The summed E-state index contributed by atoms with van der Waals surface area (Å²) < 4.78 is 8.42. The number of halogens is 1. The van der Waals surface area contributed by atoms with Crippen molar-refractivity contribution in [3.05, 3.63) is 76.5 Å². The number of carbonyl (C=O) groups is 1. The molecule has 1 N–H and O–H groups in total. The number of nitrogens with zero attached hydrogens (tertiary/aromatic N) is 3. The van der Waals surface area contributed by atoms with Crippen LogP contribution in [0.15, 0.2) is 65.4 Å². The average Bonchev–Trinajstić information content (AvgIpc) is 3.22. The molecule has 4 rings (SSSR count). The number of anilines is 1. The number of nitrogens with one attached hydrogen (secondary N) is 1. The van der Waals surface area contributed by atoms with Gasteiger partial charge in [0.25, 0.3) is 5.91 Å². The number of amides is 1. The maximum atomic E-state index is 12.9. The Balaban J connectivity index is 1.45. The zero-order valence-corrected chi connectivity index (χ0v) is 18.7. The Morgan fingerprint density at radius 1 is 1.17 bits per heavy atom. The molecule has 2 unspecified atom stereocenters. The molecule has 0 radical (unpaired) electrons. The van der Waals surface area contributed by atoms with Crippen molar-refractivity contribution in [2.24, 2.45) is 0 Å². The summed E-state index contributed by atoms with van der Waals surface area (Å²) in [5.41, 5.74) is 3.31. The maximum absolute atomic E-state index is 12.9. The molecule has 1 aromatic heterocycles. The van der Waals surface area contributed by atoms with Crippen molar-refractivity contribution in [2.75, 3.05) is 18.4 Å². The summed E-state index contributed by atoms with van der Waals surface area (Å²) in [6.07, 6.45) is 4.05.